The van der Waals surface area contributed by atoms with Crippen molar-refractivity contribution in [3.8, 4) is 0 Å². The van der Waals surface area contributed by atoms with Gasteiger partial charge >= 0.3 is 0 Å². The first-order valence-corrected chi connectivity index (χ1v) is 5.17. The minimum absolute atomic E-state index is 0. The molecule has 2 rings (SSSR count). The van der Waals surface area contributed by atoms with Crippen LogP contribution in [0.5, 0.6) is 0 Å². The first-order chi connectivity index (χ1) is 6.84. The van der Waals surface area contributed by atoms with Crippen LogP contribution in [0.3, 0.4) is 0 Å². The lowest BCUT2D eigenvalue weighted by atomic mass is 10.2. The Morgan fingerprint density at radius 1 is 1.07 bits per heavy atom. The van der Waals surface area contributed by atoms with Crippen LogP contribution >= 0.6 is 15.9 Å². The second-order valence-electron chi connectivity index (χ2n) is 3.04. The van der Waals surface area contributed by atoms with Crippen molar-refractivity contribution in [2.24, 2.45) is 0 Å². The Morgan fingerprint density at radius 3 is 2.27 bits per heavy atom. The average molecular weight is 330 g/mol. The molecule has 1 aromatic carbocycles. The van der Waals surface area contributed by atoms with Gasteiger partial charge in [0.15, 0.2) is 18.9 Å². The molecule has 4 heteroatoms. The Hall–Kier alpha value is -0.740. The lowest BCUT2D eigenvalue weighted by Gasteiger charge is -1.97. The standard InChI is InChI=1S/C11H10BrN2.BrH/c12-11-3-1-10(2-4-11)9-14-7-5-13-6-8-14;/h1-8H,9H2;1H/q+1;/p-1. The van der Waals surface area contributed by atoms with E-state index >= 15 is 0 Å². The van der Waals surface area contributed by atoms with Crippen LogP contribution in [0, 0.1) is 0 Å². The summed E-state index contributed by atoms with van der Waals surface area (Å²) in [5.74, 6) is 0. The molecule has 15 heavy (non-hydrogen) atoms. The van der Waals surface area contributed by atoms with Gasteiger partial charge in [0.25, 0.3) is 0 Å². The van der Waals surface area contributed by atoms with Gasteiger partial charge < -0.3 is 17.0 Å². The molecule has 0 unspecified atom stereocenters. The second kappa shape index (κ2) is 5.98. The SMILES string of the molecule is Brc1ccc(C[n+]2ccncc2)cc1.[Br-]. The van der Waals surface area contributed by atoms with E-state index in [2.05, 4.69) is 49.7 Å². The normalized spacial score (nSPS) is 9.40. The number of halogens is 2. The number of rotatable bonds is 2. The van der Waals surface area contributed by atoms with Gasteiger partial charge in [-0.1, -0.05) is 28.1 Å². The van der Waals surface area contributed by atoms with Gasteiger partial charge in [-0.15, -0.1) is 0 Å². The summed E-state index contributed by atoms with van der Waals surface area (Å²) in [5.41, 5.74) is 1.28. The smallest absolute Gasteiger partial charge is 0.187 e. The number of hydrogen-bond donors (Lipinski definition) is 0. The van der Waals surface area contributed by atoms with Crippen molar-refractivity contribution in [3.05, 3.63) is 59.1 Å². The molecule has 0 fully saturated rings. The fraction of sp³-hybridized carbons (Fsp3) is 0.0909. The van der Waals surface area contributed by atoms with Gasteiger partial charge in [0.05, 0.1) is 12.4 Å². The third-order valence-corrected chi connectivity index (χ3v) is 2.50. The molecule has 0 atom stereocenters. The average Bonchev–Trinajstić information content (AvgIpc) is 2.23. The molecule has 0 bridgehead atoms. The van der Waals surface area contributed by atoms with E-state index in [9.17, 15) is 0 Å². The van der Waals surface area contributed by atoms with E-state index in [1.165, 1.54) is 5.56 Å². The Labute approximate surface area is 108 Å². The zero-order chi connectivity index (χ0) is 9.80. The van der Waals surface area contributed by atoms with Crippen molar-refractivity contribution in [1.29, 1.82) is 0 Å². The minimum Gasteiger partial charge on any atom is -1.00 e. The van der Waals surface area contributed by atoms with Crippen LogP contribution in [0.15, 0.2) is 53.5 Å². The number of benzene rings is 1. The Bertz CT molecular complexity index is 401. The molecule has 2 nitrogen and oxygen atoms in total. The molecule has 1 heterocycles. The van der Waals surface area contributed by atoms with Gasteiger partial charge in [-0.25, -0.2) is 0 Å². The summed E-state index contributed by atoms with van der Waals surface area (Å²) in [5, 5.41) is 0. The highest BCUT2D eigenvalue weighted by Crippen LogP contribution is 2.09. The van der Waals surface area contributed by atoms with E-state index < -0.39 is 0 Å². The maximum absolute atomic E-state index is 3.97. The first-order valence-electron chi connectivity index (χ1n) is 4.38. The Kier molecular flexibility index (Phi) is 4.91. The van der Waals surface area contributed by atoms with Gasteiger partial charge in [0.2, 0.25) is 0 Å². The molecule has 0 saturated carbocycles. The maximum atomic E-state index is 3.97. The molecule has 1 aromatic heterocycles. The van der Waals surface area contributed by atoms with Crippen LogP contribution in [0.2, 0.25) is 0 Å². The van der Waals surface area contributed by atoms with E-state index in [-0.39, 0.29) is 17.0 Å². The van der Waals surface area contributed by atoms with Crippen molar-refractivity contribution < 1.29 is 21.5 Å². The highest BCUT2D eigenvalue weighted by Gasteiger charge is 2.00. The topological polar surface area (TPSA) is 16.8 Å². The van der Waals surface area contributed by atoms with Crippen molar-refractivity contribution in [1.82, 2.24) is 4.98 Å². The van der Waals surface area contributed by atoms with Crippen LogP contribution in [0.25, 0.3) is 0 Å². The van der Waals surface area contributed by atoms with Crippen LogP contribution in [-0.2, 0) is 6.54 Å². The Balaban J connectivity index is 0.00000112. The zero-order valence-corrected chi connectivity index (χ0v) is 11.1. The van der Waals surface area contributed by atoms with E-state index in [4.69, 9.17) is 0 Å². The van der Waals surface area contributed by atoms with Gasteiger partial charge in [0, 0.05) is 10.0 Å². The molecular formula is C11H10Br2N2. The number of nitrogens with zero attached hydrogens (tertiary/aromatic N) is 2. The molecule has 2 aromatic rings. The third kappa shape index (κ3) is 3.72. The summed E-state index contributed by atoms with van der Waals surface area (Å²) in [6.07, 6.45) is 7.50. The molecule has 0 radical (unpaired) electrons. The molecule has 0 amide bonds. The van der Waals surface area contributed by atoms with Crippen molar-refractivity contribution >= 4 is 15.9 Å². The number of hydrogen-bond acceptors (Lipinski definition) is 1. The van der Waals surface area contributed by atoms with E-state index in [0.29, 0.717) is 0 Å². The summed E-state index contributed by atoms with van der Waals surface area (Å²) < 4.78 is 3.21. The molecule has 0 N–H and O–H groups in total. The summed E-state index contributed by atoms with van der Waals surface area (Å²) in [7, 11) is 0. The molecule has 0 spiro atoms. The lowest BCUT2D eigenvalue weighted by Crippen LogP contribution is -3.00. The molecule has 0 saturated heterocycles. The van der Waals surface area contributed by atoms with Crippen LogP contribution < -0.4 is 21.5 Å². The largest absolute Gasteiger partial charge is 1.00 e. The third-order valence-electron chi connectivity index (χ3n) is 1.97. The van der Waals surface area contributed by atoms with Crippen molar-refractivity contribution in [3.63, 3.8) is 0 Å². The van der Waals surface area contributed by atoms with E-state index in [0.717, 1.165) is 11.0 Å². The van der Waals surface area contributed by atoms with Crippen LogP contribution in [0.1, 0.15) is 5.56 Å². The molecular weight excluding hydrogens is 320 g/mol. The zero-order valence-electron chi connectivity index (χ0n) is 7.98. The van der Waals surface area contributed by atoms with Gasteiger partial charge in [-0.3, -0.25) is 4.98 Å². The summed E-state index contributed by atoms with van der Waals surface area (Å²) in [6.45, 7) is 0.885. The highest BCUT2D eigenvalue weighted by atomic mass is 79.9. The summed E-state index contributed by atoms with van der Waals surface area (Å²) in [4.78, 5) is 3.97. The monoisotopic (exact) mass is 328 g/mol. The molecule has 0 aliphatic carbocycles. The van der Waals surface area contributed by atoms with Crippen LogP contribution in [0.4, 0.5) is 0 Å². The van der Waals surface area contributed by atoms with E-state index in [1.54, 1.807) is 12.4 Å². The fourth-order valence-electron chi connectivity index (χ4n) is 1.25. The summed E-state index contributed by atoms with van der Waals surface area (Å²) >= 11 is 3.41. The van der Waals surface area contributed by atoms with Gasteiger partial charge in [-0.05, 0) is 12.1 Å². The minimum atomic E-state index is 0. The number of aromatic nitrogens is 2. The highest BCUT2D eigenvalue weighted by molar-refractivity contribution is 9.10. The molecule has 78 valence electrons. The van der Waals surface area contributed by atoms with Crippen molar-refractivity contribution in [2.75, 3.05) is 0 Å². The molecule has 0 aliphatic heterocycles. The Morgan fingerprint density at radius 2 is 1.67 bits per heavy atom. The second-order valence-corrected chi connectivity index (χ2v) is 3.96. The predicted octanol–water partition coefficient (Wildman–Crippen LogP) is -0.816. The first kappa shape index (κ1) is 12.3. The van der Waals surface area contributed by atoms with Crippen LogP contribution in [-0.4, -0.2) is 4.98 Å². The fourth-order valence-corrected chi connectivity index (χ4v) is 1.52. The maximum Gasteiger partial charge on any atom is 0.187 e. The van der Waals surface area contributed by atoms with Crippen molar-refractivity contribution in [2.45, 2.75) is 6.54 Å². The van der Waals surface area contributed by atoms with E-state index in [1.807, 2.05) is 12.4 Å². The quantitative estimate of drug-likeness (QED) is 0.658. The molecule has 0 aliphatic rings. The predicted molar refractivity (Wildman–Crippen MR) is 57.7 cm³/mol. The lowest BCUT2D eigenvalue weighted by molar-refractivity contribution is -0.688. The van der Waals surface area contributed by atoms with Gasteiger partial charge in [-0.2, -0.15) is 4.57 Å². The summed E-state index contributed by atoms with van der Waals surface area (Å²) in [6, 6.07) is 8.32. The van der Waals surface area contributed by atoms with Gasteiger partial charge in [0.1, 0.15) is 0 Å².